The van der Waals surface area contributed by atoms with Gasteiger partial charge in [0.05, 0.1) is 83.2 Å². The topological polar surface area (TPSA) is 188 Å². The monoisotopic (exact) mass is 1500 g/mol. The van der Waals surface area contributed by atoms with Crippen molar-refractivity contribution in [1.29, 1.82) is 0 Å². The number of aromatic nitrogens is 11. The first-order valence-corrected chi connectivity index (χ1v) is 36.6. The predicted molar refractivity (Wildman–Crippen MR) is 443 cm³/mol. The number of hydrogen-bond donors (Lipinski definition) is 3. The van der Waals surface area contributed by atoms with Crippen molar-refractivity contribution in [3.05, 3.63) is 372 Å². The molecule has 114 heavy (non-hydrogen) atoms. The molecule has 19 heteroatoms. The summed E-state index contributed by atoms with van der Waals surface area (Å²) in [5.74, 6) is -1.92. The number of aromatic amines is 3. The molecule has 0 radical (unpaired) electrons. The molecular weight excluding hydrogens is 1430 g/mol. The van der Waals surface area contributed by atoms with Crippen LogP contribution in [0.25, 0.3) is 145 Å². The van der Waals surface area contributed by atoms with Crippen molar-refractivity contribution in [3.8, 4) is 112 Å². The highest BCUT2D eigenvalue weighted by Gasteiger charge is 2.19. The van der Waals surface area contributed by atoms with Gasteiger partial charge < -0.3 is 0 Å². The Kier molecular flexibility index (Phi) is 20.4. The van der Waals surface area contributed by atoms with Crippen LogP contribution in [-0.4, -0.2) is 74.2 Å². The van der Waals surface area contributed by atoms with Gasteiger partial charge in [-0.25, -0.2) is 22.0 Å². The van der Waals surface area contributed by atoms with E-state index in [2.05, 4.69) is 143 Å². The van der Waals surface area contributed by atoms with Crippen LogP contribution in [0.15, 0.2) is 319 Å². The Morgan fingerprint density at radius 1 is 0.263 bits per heavy atom. The summed E-state index contributed by atoms with van der Waals surface area (Å²) in [6.07, 6.45) is 19.8. The van der Waals surface area contributed by atoms with Gasteiger partial charge in [-0.15, -0.1) is 0 Å². The molecule has 0 spiro atoms. The molecule has 3 aliphatic heterocycles. The van der Waals surface area contributed by atoms with Gasteiger partial charge in [-0.2, -0.15) is 15.3 Å². The highest BCUT2D eigenvalue weighted by atomic mass is 19.1. The van der Waals surface area contributed by atoms with Gasteiger partial charge in [0.1, 0.15) is 29.1 Å². The second kappa shape index (κ2) is 32.3. The van der Waals surface area contributed by atoms with Gasteiger partial charge in [-0.1, -0.05) is 97.1 Å². The zero-order valence-corrected chi connectivity index (χ0v) is 61.0. The van der Waals surface area contributed by atoms with Gasteiger partial charge in [0.25, 0.3) is 0 Å². The minimum Gasteiger partial charge on any atom is -0.288 e. The van der Waals surface area contributed by atoms with E-state index in [1.165, 1.54) is 59.2 Å². The third-order valence-corrected chi connectivity index (χ3v) is 19.9. The molecule has 11 heterocycles. The average Bonchev–Trinajstić information content (AvgIpc) is 1.51. The molecule has 550 valence electrons. The van der Waals surface area contributed by atoms with Gasteiger partial charge in [0, 0.05) is 127 Å². The molecule has 10 aromatic carbocycles. The highest BCUT2D eigenvalue weighted by Crippen LogP contribution is 2.39. The molecule has 0 aliphatic carbocycles. The largest absolute Gasteiger partial charge is 0.288 e. The zero-order chi connectivity index (χ0) is 77.4. The number of nitrogens with zero attached hydrogens (tertiary/aromatic N) is 11. The van der Waals surface area contributed by atoms with Crippen LogP contribution in [0.4, 0.5) is 22.0 Å². The summed E-state index contributed by atoms with van der Waals surface area (Å²) >= 11 is 0. The molecule has 0 atom stereocenters. The molecule has 0 fully saturated rings. The van der Waals surface area contributed by atoms with E-state index in [4.69, 9.17) is 0 Å². The van der Waals surface area contributed by atoms with Crippen molar-refractivity contribution in [2.24, 2.45) is 15.0 Å². The Balaban J connectivity index is 0.000000103. The number of benzene rings is 10. The van der Waals surface area contributed by atoms with E-state index in [1.807, 2.05) is 146 Å². The maximum absolute atomic E-state index is 13.5. The molecule has 0 amide bonds. The van der Waals surface area contributed by atoms with Gasteiger partial charge in [-0.05, 0) is 225 Å². The van der Waals surface area contributed by atoms with Crippen molar-refractivity contribution < 1.29 is 22.0 Å². The number of pyridine rings is 5. The lowest BCUT2D eigenvalue weighted by molar-refractivity contribution is 0.584. The van der Waals surface area contributed by atoms with Crippen LogP contribution in [-0.2, 0) is 19.6 Å². The summed E-state index contributed by atoms with van der Waals surface area (Å²) < 4.78 is 67.3. The van der Waals surface area contributed by atoms with Crippen molar-refractivity contribution >= 4 is 51.4 Å². The van der Waals surface area contributed by atoms with E-state index in [-0.39, 0.29) is 17.5 Å². The third-order valence-electron chi connectivity index (χ3n) is 19.9. The van der Waals surface area contributed by atoms with Crippen molar-refractivity contribution in [2.45, 2.75) is 26.6 Å². The fraction of sp³-hybridized carbons (Fsp3) is 0.0421. The molecule has 3 aliphatic rings. The second-order valence-corrected chi connectivity index (χ2v) is 27.3. The number of halogens is 5. The fourth-order valence-corrected chi connectivity index (χ4v) is 14.2. The van der Waals surface area contributed by atoms with E-state index >= 15 is 0 Å². The predicted octanol–water partition coefficient (Wildman–Crippen LogP) is 22.5. The first-order chi connectivity index (χ1) is 55.9. The Morgan fingerprint density at radius 3 is 1.01 bits per heavy atom. The Labute approximate surface area is 651 Å². The van der Waals surface area contributed by atoms with Gasteiger partial charge in [-0.3, -0.25) is 55.2 Å². The number of rotatable bonds is 10. The van der Waals surface area contributed by atoms with E-state index in [0.29, 0.717) is 23.4 Å². The molecule has 0 unspecified atom stereocenters. The molecule has 3 N–H and O–H groups in total. The first-order valence-electron chi connectivity index (χ1n) is 36.6. The van der Waals surface area contributed by atoms with Crippen LogP contribution in [0.2, 0.25) is 0 Å². The van der Waals surface area contributed by atoms with Gasteiger partial charge >= 0.3 is 0 Å². The lowest BCUT2D eigenvalue weighted by Gasteiger charge is -2.10. The third kappa shape index (κ3) is 15.7. The van der Waals surface area contributed by atoms with Crippen molar-refractivity contribution in [3.63, 3.8) is 0 Å². The van der Waals surface area contributed by atoms with Gasteiger partial charge in [0.2, 0.25) is 0 Å². The summed E-state index contributed by atoms with van der Waals surface area (Å²) in [6, 6.07) is 78.4. The SMILES string of the molecule is Cc1cc(-c2ncccc2-c2ccc3[nH]ncc3c2)ccc1F.Fc1cc(F)cc(-c2ncccc2-c2ccc3c(c2)C=NC3)c1.Fc1ccc(-c2ncccc2-c2ccc3c(c2)C=NC3)cc1.Fc1cccc(-c2ncccc2-c2ccc3c(c2)C=NC3)c1.c1cnc(-c2ccc3[nH]ncc3c2)c(-c2ccc3[nH]ncc3c2)c1. The number of hydrogen-bond acceptors (Lipinski definition) is 11. The van der Waals surface area contributed by atoms with Crippen LogP contribution in [0.3, 0.4) is 0 Å². The van der Waals surface area contributed by atoms with Crippen LogP contribution >= 0.6 is 0 Å². The van der Waals surface area contributed by atoms with Crippen molar-refractivity contribution in [2.75, 3.05) is 0 Å². The number of nitrogens with one attached hydrogen (secondary N) is 3. The molecular formula is C95H65F5N14. The summed E-state index contributed by atoms with van der Waals surface area (Å²) in [5.41, 5.74) is 29.1. The minimum atomic E-state index is -0.613. The molecule has 0 saturated carbocycles. The molecule has 0 saturated heterocycles. The van der Waals surface area contributed by atoms with Crippen LogP contribution in [0.1, 0.15) is 38.9 Å². The summed E-state index contributed by atoms with van der Waals surface area (Å²) in [7, 11) is 0. The normalized spacial score (nSPS) is 11.9. The van der Waals surface area contributed by atoms with Crippen LogP contribution in [0, 0.1) is 36.0 Å². The number of aliphatic imine (C=N–C) groups is 3. The van der Waals surface area contributed by atoms with Crippen molar-refractivity contribution in [1.82, 2.24) is 55.5 Å². The standard InChI is InChI=1S/C19H12F2N2.C19H14FN3.2C19H13FN2.C19H13N5/c20-16-7-14(8-17(21)9-16)19-18(2-1-5-23-19)12-3-4-13-10-22-11-15(13)6-12;1-12-9-14(4-6-17(12)20)19-16(3-2-8-21-19)13-5-7-18-15(10-13)11-22-23-18;20-17-4-1-3-14(10-17)19-18(5-2-8-22-19)13-6-7-15-11-21-12-16(15)9-13;20-17-7-5-13(6-8-17)19-18(2-1-9-22-19)14-3-4-15-11-21-12-16(15)10-14;1-2-16(12-3-5-17-14(8-12)10-21-23-17)19(20-7-1)13-4-6-18-15(9-13)11-22-24-18/h1-9,11H,10H2;2-11H,1H3,(H,22,23);2*1-10,12H,11H2;1-11H,(H,21,23)(H,22,24). The minimum absolute atomic E-state index is 0.203. The lowest BCUT2D eigenvalue weighted by Crippen LogP contribution is -1.92. The quantitative estimate of drug-likeness (QED) is 0.113. The highest BCUT2D eigenvalue weighted by molar-refractivity contribution is 5.95. The van der Waals surface area contributed by atoms with Gasteiger partial charge in [0.15, 0.2) is 0 Å². The molecule has 8 aromatic heterocycles. The van der Waals surface area contributed by atoms with Crippen LogP contribution in [0.5, 0.6) is 0 Å². The second-order valence-electron chi connectivity index (χ2n) is 27.3. The lowest BCUT2D eigenvalue weighted by atomic mass is 9.96. The molecule has 18 aromatic rings. The summed E-state index contributed by atoms with van der Waals surface area (Å²) in [5, 5.41) is 24.4. The molecule has 14 nitrogen and oxygen atoms in total. The smallest absolute Gasteiger partial charge is 0.126 e. The number of H-pyrrole nitrogens is 3. The van der Waals surface area contributed by atoms with Crippen LogP contribution < -0.4 is 0 Å². The maximum atomic E-state index is 13.5. The number of fused-ring (bicyclic) bond motifs is 6. The average molecular weight is 1500 g/mol. The summed E-state index contributed by atoms with van der Waals surface area (Å²) in [4.78, 5) is 35.3. The van der Waals surface area contributed by atoms with E-state index in [9.17, 15) is 22.0 Å². The number of aryl methyl sites for hydroxylation is 1. The Morgan fingerprint density at radius 2 is 0.596 bits per heavy atom. The molecule has 0 bridgehead atoms. The summed E-state index contributed by atoms with van der Waals surface area (Å²) in [6.45, 7) is 3.97. The van der Waals surface area contributed by atoms with E-state index in [1.54, 1.807) is 62.2 Å². The van der Waals surface area contributed by atoms with E-state index in [0.717, 1.165) is 169 Å². The fourth-order valence-electron chi connectivity index (χ4n) is 14.2. The molecule has 21 rings (SSSR count). The zero-order valence-electron chi connectivity index (χ0n) is 61.0. The Hall–Kier alpha value is -15.0. The first kappa shape index (κ1) is 71.9. The van der Waals surface area contributed by atoms with E-state index < -0.39 is 11.6 Å². The maximum Gasteiger partial charge on any atom is 0.126 e. The Bertz CT molecular complexity index is 6610.